The van der Waals surface area contributed by atoms with E-state index in [4.69, 9.17) is 21.3 Å². The van der Waals surface area contributed by atoms with Crippen molar-refractivity contribution in [2.75, 3.05) is 7.11 Å². The third-order valence-corrected chi connectivity index (χ3v) is 4.48. The monoisotopic (exact) mass is 348 g/mol. The molecule has 0 aliphatic rings. The van der Waals surface area contributed by atoms with E-state index in [1.54, 1.807) is 7.11 Å². The van der Waals surface area contributed by atoms with Gasteiger partial charge in [-0.05, 0) is 42.0 Å². The standard InChI is InChI=1S/C21H17ClN2O/c1-25-18-10-7-16(8-11-18)21-19(13-15-5-3-2-4-6-15)24-14-17(22)9-12-20(24)23-21/h2-12,14H,13H2,1H3. The van der Waals surface area contributed by atoms with Crippen LogP contribution in [0.2, 0.25) is 5.02 Å². The number of pyridine rings is 1. The molecule has 0 unspecified atom stereocenters. The van der Waals surface area contributed by atoms with E-state index < -0.39 is 0 Å². The molecule has 2 heterocycles. The molecule has 0 atom stereocenters. The van der Waals surface area contributed by atoms with Gasteiger partial charge in [0.1, 0.15) is 11.4 Å². The fourth-order valence-electron chi connectivity index (χ4n) is 3.01. The van der Waals surface area contributed by atoms with Crippen LogP contribution in [0.25, 0.3) is 16.9 Å². The van der Waals surface area contributed by atoms with E-state index in [0.29, 0.717) is 5.02 Å². The van der Waals surface area contributed by atoms with Gasteiger partial charge in [-0.15, -0.1) is 0 Å². The van der Waals surface area contributed by atoms with Crippen molar-refractivity contribution in [1.82, 2.24) is 9.38 Å². The minimum absolute atomic E-state index is 0.695. The number of imidazole rings is 1. The Balaban J connectivity index is 1.88. The second-order valence-electron chi connectivity index (χ2n) is 5.87. The fourth-order valence-corrected chi connectivity index (χ4v) is 3.17. The van der Waals surface area contributed by atoms with E-state index >= 15 is 0 Å². The average Bonchev–Trinajstić information content (AvgIpc) is 3.00. The quantitative estimate of drug-likeness (QED) is 0.503. The average molecular weight is 349 g/mol. The molecule has 0 aliphatic heterocycles. The Morgan fingerprint density at radius 3 is 2.44 bits per heavy atom. The fraction of sp³-hybridized carbons (Fsp3) is 0.0952. The van der Waals surface area contributed by atoms with Gasteiger partial charge >= 0.3 is 0 Å². The molecular weight excluding hydrogens is 332 g/mol. The van der Waals surface area contributed by atoms with Gasteiger partial charge in [-0.1, -0.05) is 41.9 Å². The topological polar surface area (TPSA) is 26.5 Å². The third kappa shape index (κ3) is 3.11. The molecule has 0 radical (unpaired) electrons. The van der Waals surface area contributed by atoms with E-state index in [1.807, 2.05) is 48.7 Å². The molecule has 0 aliphatic carbocycles. The molecule has 4 heteroatoms. The van der Waals surface area contributed by atoms with Crippen molar-refractivity contribution in [3.8, 4) is 17.0 Å². The Morgan fingerprint density at radius 1 is 0.960 bits per heavy atom. The summed E-state index contributed by atoms with van der Waals surface area (Å²) in [5.74, 6) is 0.833. The Morgan fingerprint density at radius 2 is 1.72 bits per heavy atom. The van der Waals surface area contributed by atoms with Crippen molar-refractivity contribution in [3.63, 3.8) is 0 Å². The largest absolute Gasteiger partial charge is 0.497 e. The minimum Gasteiger partial charge on any atom is -0.497 e. The Kier molecular flexibility index (Phi) is 4.16. The van der Waals surface area contributed by atoms with Crippen LogP contribution in [0.1, 0.15) is 11.3 Å². The number of hydrogen-bond acceptors (Lipinski definition) is 2. The number of methoxy groups -OCH3 is 1. The second-order valence-corrected chi connectivity index (χ2v) is 6.31. The van der Waals surface area contributed by atoms with Crippen molar-refractivity contribution in [2.45, 2.75) is 6.42 Å². The number of ether oxygens (including phenoxy) is 1. The molecule has 0 N–H and O–H groups in total. The molecule has 0 amide bonds. The van der Waals surface area contributed by atoms with Gasteiger partial charge in [0.2, 0.25) is 0 Å². The first-order chi connectivity index (χ1) is 12.2. The van der Waals surface area contributed by atoms with Crippen LogP contribution in [0, 0.1) is 0 Å². The lowest BCUT2D eigenvalue weighted by Crippen LogP contribution is -1.96. The van der Waals surface area contributed by atoms with Gasteiger partial charge in [0.05, 0.1) is 23.5 Å². The first-order valence-electron chi connectivity index (χ1n) is 8.09. The number of nitrogens with zero attached hydrogens (tertiary/aromatic N) is 2. The number of rotatable bonds is 4. The van der Waals surface area contributed by atoms with Crippen LogP contribution in [-0.2, 0) is 6.42 Å². The highest BCUT2D eigenvalue weighted by atomic mass is 35.5. The molecule has 4 aromatic rings. The summed E-state index contributed by atoms with van der Waals surface area (Å²) in [4.78, 5) is 4.84. The van der Waals surface area contributed by atoms with Gasteiger partial charge in [-0.3, -0.25) is 0 Å². The lowest BCUT2D eigenvalue weighted by molar-refractivity contribution is 0.415. The number of benzene rings is 2. The Labute approximate surface area is 151 Å². The van der Waals surface area contributed by atoms with Gasteiger partial charge in [0, 0.05) is 18.2 Å². The summed E-state index contributed by atoms with van der Waals surface area (Å²) >= 11 is 6.22. The minimum atomic E-state index is 0.695. The normalized spacial score (nSPS) is 11.0. The van der Waals surface area contributed by atoms with Crippen LogP contribution in [0.3, 0.4) is 0 Å². The molecule has 25 heavy (non-hydrogen) atoms. The van der Waals surface area contributed by atoms with Crippen molar-refractivity contribution in [2.24, 2.45) is 0 Å². The summed E-state index contributed by atoms with van der Waals surface area (Å²) in [6, 6.07) is 22.2. The van der Waals surface area contributed by atoms with Crippen LogP contribution >= 0.6 is 11.6 Å². The zero-order valence-electron chi connectivity index (χ0n) is 13.8. The molecule has 0 fully saturated rings. The lowest BCUT2D eigenvalue weighted by Gasteiger charge is -2.07. The van der Waals surface area contributed by atoms with Crippen LogP contribution in [0.15, 0.2) is 72.9 Å². The summed E-state index contributed by atoms with van der Waals surface area (Å²) in [7, 11) is 1.67. The van der Waals surface area contributed by atoms with E-state index in [2.05, 4.69) is 28.7 Å². The maximum absolute atomic E-state index is 6.22. The van der Waals surface area contributed by atoms with Gasteiger partial charge < -0.3 is 9.14 Å². The molecule has 3 nitrogen and oxygen atoms in total. The molecule has 0 saturated heterocycles. The highest BCUT2D eigenvalue weighted by molar-refractivity contribution is 6.30. The van der Waals surface area contributed by atoms with Crippen molar-refractivity contribution in [3.05, 3.63) is 89.2 Å². The molecular formula is C21H17ClN2O. The predicted octanol–water partition coefficient (Wildman–Crippen LogP) is 5.25. The summed E-state index contributed by atoms with van der Waals surface area (Å²) < 4.78 is 7.34. The van der Waals surface area contributed by atoms with Crippen molar-refractivity contribution >= 4 is 17.2 Å². The smallest absolute Gasteiger partial charge is 0.137 e. The zero-order valence-corrected chi connectivity index (χ0v) is 14.6. The predicted molar refractivity (Wildman–Crippen MR) is 101 cm³/mol. The van der Waals surface area contributed by atoms with Gasteiger partial charge in [0.15, 0.2) is 0 Å². The maximum atomic E-state index is 6.22. The second kappa shape index (κ2) is 6.61. The molecule has 2 aromatic carbocycles. The Bertz CT molecular complexity index is 1010. The number of halogens is 1. The molecule has 2 aromatic heterocycles. The summed E-state index contributed by atoms with van der Waals surface area (Å²) in [5, 5.41) is 0.695. The molecule has 4 rings (SSSR count). The van der Waals surface area contributed by atoms with E-state index in [-0.39, 0.29) is 0 Å². The molecule has 0 spiro atoms. The van der Waals surface area contributed by atoms with Crippen molar-refractivity contribution < 1.29 is 4.74 Å². The van der Waals surface area contributed by atoms with Gasteiger partial charge in [0.25, 0.3) is 0 Å². The Hall–Kier alpha value is -2.78. The molecule has 0 bridgehead atoms. The van der Waals surface area contributed by atoms with Crippen LogP contribution in [0.4, 0.5) is 0 Å². The zero-order chi connectivity index (χ0) is 17.2. The van der Waals surface area contributed by atoms with Gasteiger partial charge in [-0.25, -0.2) is 4.98 Å². The summed E-state index contributed by atoms with van der Waals surface area (Å²) in [5.41, 5.74) is 5.27. The third-order valence-electron chi connectivity index (χ3n) is 4.26. The van der Waals surface area contributed by atoms with Crippen molar-refractivity contribution in [1.29, 1.82) is 0 Å². The SMILES string of the molecule is COc1ccc(-c2nc3ccc(Cl)cn3c2Cc2ccccc2)cc1. The highest BCUT2D eigenvalue weighted by Crippen LogP contribution is 2.29. The summed E-state index contributed by atoms with van der Waals surface area (Å²) in [6.07, 6.45) is 2.71. The first kappa shape index (κ1) is 15.7. The lowest BCUT2D eigenvalue weighted by atomic mass is 10.0. The van der Waals surface area contributed by atoms with E-state index in [1.165, 1.54) is 5.56 Å². The first-order valence-corrected chi connectivity index (χ1v) is 8.47. The van der Waals surface area contributed by atoms with E-state index in [0.717, 1.165) is 34.8 Å². The maximum Gasteiger partial charge on any atom is 0.137 e. The number of hydrogen-bond donors (Lipinski definition) is 0. The van der Waals surface area contributed by atoms with E-state index in [9.17, 15) is 0 Å². The molecule has 0 saturated carbocycles. The van der Waals surface area contributed by atoms with Crippen LogP contribution in [-0.4, -0.2) is 16.5 Å². The van der Waals surface area contributed by atoms with Crippen LogP contribution < -0.4 is 4.74 Å². The van der Waals surface area contributed by atoms with Crippen LogP contribution in [0.5, 0.6) is 5.75 Å². The molecule has 124 valence electrons. The number of aromatic nitrogens is 2. The highest BCUT2D eigenvalue weighted by Gasteiger charge is 2.15. The van der Waals surface area contributed by atoms with Gasteiger partial charge in [-0.2, -0.15) is 0 Å². The summed E-state index contributed by atoms with van der Waals surface area (Å²) in [6.45, 7) is 0. The number of fused-ring (bicyclic) bond motifs is 1.